The molecular formula is C42H49Cl2N7O5. The second-order valence-corrected chi connectivity index (χ2v) is 16.9. The lowest BCUT2D eigenvalue weighted by Crippen LogP contribution is -2.44. The van der Waals surface area contributed by atoms with Gasteiger partial charge in [-0.1, -0.05) is 53.5 Å². The molecule has 296 valence electrons. The molecule has 1 aliphatic carbocycles. The van der Waals surface area contributed by atoms with Crippen molar-refractivity contribution in [3.05, 3.63) is 86.4 Å². The van der Waals surface area contributed by atoms with Crippen LogP contribution in [0.25, 0.3) is 11.1 Å². The van der Waals surface area contributed by atoms with Crippen LogP contribution in [-0.2, 0) is 56.0 Å². The standard InChI is InChI=1S/C42H49Cl2N7O5/c1-42(41(54)55)16-10-26(11-17-42)50-18-13-34-32(24-50)46-39(49(34)3)40(53)47-30-9-5-8-29(37(30)44)28-7-4-6-25(36(28)43)22-35(52)38-45-31-23-51(19-12-33(31)48(38)2)27-14-20-56-21-15-27/h4-9,26-27H,10-24H2,1-3H3,(H,47,53)(H,54,55). The monoisotopic (exact) mass is 801 g/mol. The van der Waals surface area contributed by atoms with Crippen LogP contribution in [0, 0.1) is 5.41 Å². The first-order valence-electron chi connectivity index (χ1n) is 19.7. The molecule has 4 aromatic rings. The fraction of sp³-hybridized carbons (Fsp3) is 0.500. The van der Waals surface area contributed by atoms with Gasteiger partial charge in [-0.25, -0.2) is 9.97 Å². The summed E-state index contributed by atoms with van der Waals surface area (Å²) < 4.78 is 9.37. The second kappa shape index (κ2) is 15.7. The molecule has 3 aliphatic heterocycles. The minimum atomic E-state index is -0.719. The zero-order valence-corrected chi connectivity index (χ0v) is 33.8. The van der Waals surface area contributed by atoms with Crippen molar-refractivity contribution < 1.29 is 24.2 Å². The van der Waals surface area contributed by atoms with Crippen LogP contribution < -0.4 is 5.32 Å². The number of aromatic nitrogens is 4. The van der Waals surface area contributed by atoms with Gasteiger partial charge in [-0.3, -0.25) is 24.2 Å². The number of carboxylic acids is 1. The van der Waals surface area contributed by atoms with E-state index in [0.29, 0.717) is 75.5 Å². The van der Waals surface area contributed by atoms with E-state index < -0.39 is 11.4 Å². The van der Waals surface area contributed by atoms with E-state index in [-0.39, 0.29) is 18.1 Å². The number of ketones is 1. The van der Waals surface area contributed by atoms with Gasteiger partial charge in [-0.2, -0.15) is 0 Å². The number of hydrogen-bond donors (Lipinski definition) is 2. The van der Waals surface area contributed by atoms with Crippen molar-refractivity contribution in [1.82, 2.24) is 28.9 Å². The number of hydrogen-bond acceptors (Lipinski definition) is 8. The lowest BCUT2D eigenvalue weighted by molar-refractivity contribution is -0.150. The summed E-state index contributed by atoms with van der Waals surface area (Å²) in [5.74, 6) is -0.462. The molecule has 0 unspecified atom stereocenters. The predicted octanol–water partition coefficient (Wildman–Crippen LogP) is 6.73. The Morgan fingerprint density at radius 3 is 2.00 bits per heavy atom. The molecule has 1 amide bonds. The second-order valence-electron chi connectivity index (χ2n) is 16.2. The van der Waals surface area contributed by atoms with Gasteiger partial charge in [0, 0.05) is 107 Å². The summed E-state index contributed by atoms with van der Waals surface area (Å²) in [6.45, 7) is 6.56. The minimum Gasteiger partial charge on any atom is -0.481 e. The third-order valence-corrected chi connectivity index (χ3v) is 13.6. The minimum absolute atomic E-state index is 0.0812. The van der Waals surface area contributed by atoms with Crippen LogP contribution in [0.5, 0.6) is 0 Å². The van der Waals surface area contributed by atoms with Crippen LogP contribution in [-0.4, -0.2) is 90.1 Å². The summed E-state index contributed by atoms with van der Waals surface area (Å²) in [5.41, 5.74) is 5.70. The molecule has 2 aromatic carbocycles. The highest BCUT2D eigenvalue weighted by Crippen LogP contribution is 2.41. The molecule has 4 aliphatic rings. The van der Waals surface area contributed by atoms with E-state index in [1.807, 2.05) is 60.5 Å². The van der Waals surface area contributed by atoms with Gasteiger partial charge in [0.25, 0.3) is 5.91 Å². The first-order valence-corrected chi connectivity index (χ1v) is 20.5. The molecule has 56 heavy (non-hydrogen) atoms. The lowest BCUT2D eigenvalue weighted by Gasteiger charge is -2.41. The number of imidazole rings is 2. The number of nitrogens with one attached hydrogen (secondary N) is 1. The fourth-order valence-corrected chi connectivity index (χ4v) is 9.80. The Kier molecular flexibility index (Phi) is 10.9. The van der Waals surface area contributed by atoms with E-state index in [9.17, 15) is 19.5 Å². The highest BCUT2D eigenvalue weighted by molar-refractivity contribution is 6.39. The Balaban J connectivity index is 0.952. The number of carbonyl (C=O) groups excluding carboxylic acids is 2. The molecule has 8 rings (SSSR count). The molecule has 1 saturated heterocycles. The van der Waals surface area contributed by atoms with Crippen molar-refractivity contribution in [3.63, 3.8) is 0 Å². The fourth-order valence-electron chi connectivity index (χ4n) is 9.23. The number of fused-ring (bicyclic) bond motifs is 2. The first-order chi connectivity index (χ1) is 26.9. The Labute approximate surface area is 337 Å². The maximum absolute atomic E-state index is 13.8. The van der Waals surface area contributed by atoms with E-state index >= 15 is 0 Å². The normalized spacial score (nSPS) is 22.1. The zero-order valence-electron chi connectivity index (χ0n) is 32.2. The van der Waals surface area contributed by atoms with Gasteiger partial charge in [-0.05, 0) is 57.1 Å². The molecular weight excluding hydrogens is 753 g/mol. The molecule has 0 radical (unpaired) electrons. The van der Waals surface area contributed by atoms with Crippen molar-refractivity contribution in [1.29, 1.82) is 0 Å². The predicted molar refractivity (Wildman–Crippen MR) is 214 cm³/mol. The summed E-state index contributed by atoms with van der Waals surface area (Å²) in [6, 6.07) is 11.8. The van der Waals surface area contributed by atoms with Gasteiger partial charge in [0.1, 0.15) is 0 Å². The van der Waals surface area contributed by atoms with E-state index in [2.05, 4.69) is 15.1 Å². The number of amides is 1. The number of Topliss-reactive ketones (excluding diaryl/α,β-unsaturated/α-hetero) is 1. The van der Waals surface area contributed by atoms with E-state index in [1.54, 1.807) is 6.07 Å². The van der Waals surface area contributed by atoms with Gasteiger partial charge in [-0.15, -0.1) is 0 Å². The number of carbonyl (C=O) groups is 3. The summed E-state index contributed by atoms with van der Waals surface area (Å²) in [6.07, 6.45) is 6.70. The van der Waals surface area contributed by atoms with Crippen LogP contribution in [0.3, 0.4) is 0 Å². The number of aliphatic carboxylic acids is 1. The summed E-state index contributed by atoms with van der Waals surface area (Å²) >= 11 is 14.0. The highest BCUT2D eigenvalue weighted by atomic mass is 35.5. The molecule has 1 saturated carbocycles. The molecule has 5 heterocycles. The van der Waals surface area contributed by atoms with Crippen molar-refractivity contribution in [2.75, 3.05) is 31.6 Å². The average Bonchev–Trinajstić information content (AvgIpc) is 3.72. The Bertz CT molecular complexity index is 2180. The number of ether oxygens (including phenoxy) is 1. The lowest BCUT2D eigenvalue weighted by atomic mass is 9.73. The van der Waals surface area contributed by atoms with Gasteiger partial charge in [0.15, 0.2) is 11.6 Å². The quantitative estimate of drug-likeness (QED) is 0.177. The van der Waals surface area contributed by atoms with E-state index in [0.717, 1.165) is 94.1 Å². The molecule has 14 heteroatoms. The first kappa shape index (κ1) is 38.8. The molecule has 0 atom stereocenters. The van der Waals surface area contributed by atoms with E-state index in [4.69, 9.17) is 37.9 Å². The van der Waals surface area contributed by atoms with Gasteiger partial charge < -0.3 is 24.3 Å². The van der Waals surface area contributed by atoms with Crippen molar-refractivity contribution in [3.8, 4) is 11.1 Å². The Hall–Kier alpha value is -4.07. The molecule has 2 N–H and O–H groups in total. The average molecular weight is 803 g/mol. The van der Waals surface area contributed by atoms with Crippen molar-refractivity contribution in [2.24, 2.45) is 19.5 Å². The van der Waals surface area contributed by atoms with Crippen LogP contribution in [0.1, 0.15) is 95.0 Å². The Morgan fingerprint density at radius 1 is 0.821 bits per heavy atom. The number of anilines is 1. The van der Waals surface area contributed by atoms with Crippen molar-refractivity contribution >= 4 is 46.5 Å². The number of carboxylic acid groups (broad SMARTS) is 1. The third kappa shape index (κ3) is 7.30. The highest BCUT2D eigenvalue weighted by Gasteiger charge is 2.40. The molecule has 12 nitrogen and oxygen atoms in total. The van der Waals surface area contributed by atoms with Gasteiger partial charge in [0.2, 0.25) is 5.78 Å². The maximum Gasteiger partial charge on any atom is 0.309 e. The Morgan fingerprint density at radius 2 is 1.38 bits per heavy atom. The molecule has 0 spiro atoms. The SMILES string of the molecule is Cn1c(C(=O)Cc2cccc(-c3cccc(NC(=O)c4nc5c(n4C)CCN(C4CCC(C)(C(=O)O)CC4)C5)c3Cl)c2Cl)nc2c1CCN(C1CCOCC1)C2. The third-order valence-electron chi connectivity index (χ3n) is 12.8. The largest absolute Gasteiger partial charge is 0.481 e. The number of rotatable bonds is 9. The molecule has 2 fully saturated rings. The number of benzene rings is 2. The zero-order chi connectivity index (χ0) is 39.3. The summed E-state index contributed by atoms with van der Waals surface area (Å²) in [7, 11) is 3.79. The topological polar surface area (TPSA) is 135 Å². The van der Waals surface area contributed by atoms with Crippen LogP contribution in [0.2, 0.25) is 10.0 Å². The van der Waals surface area contributed by atoms with Crippen molar-refractivity contribution in [2.45, 2.75) is 89.9 Å². The van der Waals surface area contributed by atoms with Crippen LogP contribution >= 0.6 is 23.2 Å². The van der Waals surface area contributed by atoms with E-state index in [1.165, 1.54) is 0 Å². The summed E-state index contributed by atoms with van der Waals surface area (Å²) in [4.78, 5) is 53.8. The smallest absolute Gasteiger partial charge is 0.309 e. The van der Waals surface area contributed by atoms with Gasteiger partial charge in [0.05, 0.1) is 32.5 Å². The number of nitrogens with zero attached hydrogens (tertiary/aromatic N) is 6. The van der Waals surface area contributed by atoms with Gasteiger partial charge >= 0.3 is 5.97 Å². The van der Waals surface area contributed by atoms with Crippen LogP contribution in [0.15, 0.2) is 36.4 Å². The molecule has 0 bridgehead atoms. The number of halogens is 2. The maximum atomic E-state index is 13.8. The molecule has 2 aromatic heterocycles. The summed E-state index contributed by atoms with van der Waals surface area (Å²) in [5, 5.41) is 13.4. The van der Waals surface area contributed by atoms with Crippen LogP contribution in [0.4, 0.5) is 5.69 Å².